The summed E-state index contributed by atoms with van der Waals surface area (Å²) in [7, 11) is 0. The average Bonchev–Trinajstić information content (AvgIpc) is 2.39. The largest absolute Gasteiger partial charge is 0.493 e. The molecule has 0 bridgehead atoms. The van der Waals surface area contributed by atoms with E-state index in [0.717, 1.165) is 41.3 Å². The third kappa shape index (κ3) is 4.01. The molecule has 0 saturated heterocycles. The molecular formula is C17H25ClO. The number of aryl methyl sites for hydroxylation is 1. The van der Waals surface area contributed by atoms with E-state index in [9.17, 15) is 0 Å². The van der Waals surface area contributed by atoms with Gasteiger partial charge in [0.2, 0.25) is 0 Å². The van der Waals surface area contributed by atoms with Crippen LogP contribution in [0.5, 0.6) is 5.75 Å². The molecule has 0 fully saturated rings. The topological polar surface area (TPSA) is 9.23 Å². The minimum Gasteiger partial charge on any atom is -0.493 e. The van der Waals surface area contributed by atoms with E-state index in [1.165, 1.54) is 5.56 Å². The highest BCUT2D eigenvalue weighted by Crippen LogP contribution is 2.38. The van der Waals surface area contributed by atoms with Gasteiger partial charge in [0.15, 0.2) is 0 Å². The Balaban J connectivity index is 3.20. The summed E-state index contributed by atoms with van der Waals surface area (Å²) in [5, 5.41) is 0.867. The maximum Gasteiger partial charge on any atom is 0.123 e. The predicted molar refractivity (Wildman–Crippen MR) is 84.6 cm³/mol. The first kappa shape index (κ1) is 16.1. The minimum absolute atomic E-state index is 0.418. The predicted octanol–water partition coefficient (Wildman–Crippen LogP) is 5.82. The summed E-state index contributed by atoms with van der Waals surface area (Å²) in [6.07, 6.45) is 6.32. The van der Waals surface area contributed by atoms with Gasteiger partial charge in [-0.05, 0) is 56.7 Å². The monoisotopic (exact) mass is 280 g/mol. The molecule has 1 unspecified atom stereocenters. The van der Waals surface area contributed by atoms with E-state index in [1.807, 2.05) is 6.92 Å². The zero-order chi connectivity index (χ0) is 14.4. The van der Waals surface area contributed by atoms with E-state index in [2.05, 4.69) is 45.9 Å². The van der Waals surface area contributed by atoms with E-state index < -0.39 is 0 Å². The summed E-state index contributed by atoms with van der Waals surface area (Å²) in [4.78, 5) is 0. The van der Waals surface area contributed by atoms with Gasteiger partial charge in [-0.25, -0.2) is 0 Å². The summed E-state index contributed by atoms with van der Waals surface area (Å²) in [6.45, 7) is 11.3. The third-order valence-corrected chi connectivity index (χ3v) is 3.95. The molecule has 2 heteroatoms. The molecule has 0 amide bonds. The lowest BCUT2D eigenvalue weighted by Gasteiger charge is -2.21. The van der Waals surface area contributed by atoms with Gasteiger partial charge in [-0.3, -0.25) is 0 Å². The molecule has 0 aliphatic rings. The van der Waals surface area contributed by atoms with Crippen LogP contribution < -0.4 is 4.74 Å². The first-order valence-electron chi connectivity index (χ1n) is 7.06. The number of ether oxygens (including phenoxy) is 1. The molecule has 1 aromatic rings. The zero-order valence-electron chi connectivity index (χ0n) is 12.7. The lowest BCUT2D eigenvalue weighted by molar-refractivity contribution is 0.312. The second kappa shape index (κ2) is 7.59. The van der Waals surface area contributed by atoms with Crippen LogP contribution >= 0.6 is 11.6 Å². The van der Waals surface area contributed by atoms with Gasteiger partial charge >= 0.3 is 0 Å². The number of hydrogen-bond acceptors (Lipinski definition) is 1. The Labute approximate surface area is 122 Å². The van der Waals surface area contributed by atoms with Crippen molar-refractivity contribution in [2.75, 3.05) is 6.61 Å². The molecular weight excluding hydrogens is 256 g/mol. The van der Waals surface area contributed by atoms with Gasteiger partial charge in [-0.15, -0.1) is 0 Å². The number of hydrogen-bond donors (Lipinski definition) is 0. The maximum absolute atomic E-state index is 6.39. The molecule has 106 valence electrons. The Kier molecular flexibility index (Phi) is 6.44. The zero-order valence-corrected chi connectivity index (χ0v) is 13.5. The first-order valence-corrected chi connectivity index (χ1v) is 7.44. The number of allylic oxidation sites excluding steroid dienone is 2. The highest BCUT2D eigenvalue weighted by Gasteiger charge is 2.17. The van der Waals surface area contributed by atoms with Gasteiger partial charge in [0.25, 0.3) is 0 Å². The lowest BCUT2D eigenvalue weighted by atomic mass is 9.91. The van der Waals surface area contributed by atoms with Crippen molar-refractivity contribution in [3.8, 4) is 5.75 Å². The fourth-order valence-corrected chi connectivity index (χ4v) is 2.49. The summed E-state index contributed by atoms with van der Waals surface area (Å²) < 4.78 is 5.92. The van der Waals surface area contributed by atoms with Gasteiger partial charge in [0.05, 0.1) is 6.61 Å². The number of benzene rings is 1. The summed E-state index contributed by atoms with van der Waals surface area (Å²) in [5.74, 6) is 1.42. The maximum atomic E-state index is 6.39. The van der Waals surface area contributed by atoms with E-state index >= 15 is 0 Å². The Morgan fingerprint density at radius 1 is 1.37 bits per heavy atom. The molecule has 0 heterocycles. The molecule has 0 aromatic heterocycles. The summed E-state index contributed by atoms with van der Waals surface area (Å²) in [6, 6.07) is 2.08. The molecule has 0 aliphatic carbocycles. The van der Waals surface area contributed by atoms with Crippen LogP contribution in [0.25, 0.3) is 0 Å². The Bertz CT molecular complexity index is 449. The number of halogens is 1. The van der Waals surface area contributed by atoms with Crippen LogP contribution in [-0.4, -0.2) is 6.61 Å². The fourth-order valence-electron chi connectivity index (χ4n) is 2.34. The van der Waals surface area contributed by atoms with Crippen LogP contribution in [0.4, 0.5) is 0 Å². The van der Waals surface area contributed by atoms with Gasteiger partial charge in [-0.2, -0.15) is 0 Å². The molecule has 0 N–H and O–H groups in total. The van der Waals surface area contributed by atoms with Crippen LogP contribution in [0.15, 0.2) is 18.2 Å². The van der Waals surface area contributed by atoms with Gasteiger partial charge in [-0.1, -0.05) is 37.6 Å². The highest BCUT2D eigenvalue weighted by atomic mass is 35.5. The lowest BCUT2D eigenvalue weighted by Crippen LogP contribution is -2.05. The van der Waals surface area contributed by atoms with Crippen LogP contribution in [0.1, 0.15) is 56.2 Å². The van der Waals surface area contributed by atoms with E-state index in [4.69, 9.17) is 16.3 Å². The Morgan fingerprint density at radius 3 is 2.63 bits per heavy atom. The molecule has 1 aromatic carbocycles. The molecule has 1 atom stereocenters. The fraction of sp³-hybridized carbons (Fsp3) is 0.529. The first-order chi connectivity index (χ1) is 9.02. The van der Waals surface area contributed by atoms with Crippen LogP contribution in [0.3, 0.4) is 0 Å². The summed E-state index contributed by atoms with van der Waals surface area (Å²) >= 11 is 6.39. The van der Waals surface area contributed by atoms with Gasteiger partial charge < -0.3 is 4.74 Å². The van der Waals surface area contributed by atoms with Crippen molar-refractivity contribution < 1.29 is 4.74 Å². The molecule has 0 radical (unpaired) electrons. The average molecular weight is 281 g/mol. The second-order valence-corrected chi connectivity index (χ2v) is 5.48. The molecule has 1 rings (SSSR count). The van der Waals surface area contributed by atoms with Gasteiger partial charge in [0, 0.05) is 10.6 Å². The van der Waals surface area contributed by atoms with E-state index in [-0.39, 0.29) is 0 Å². The molecule has 0 spiro atoms. The molecule has 19 heavy (non-hydrogen) atoms. The smallest absolute Gasteiger partial charge is 0.123 e. The van der Waals surface area contributed by atoms with E-state index in [1.54, 1.807) is 0 Å². The van der Waals surface area contributed by atoms with Crippen molar-refractivity contribution >= 4 is 11.6 Å². The number of rotatable bonds is 6. The van der Waals surface area contributed by atoms with Crippen LogP contribution in [-0.2, 0) is 0 Å². The Hall–Kier alpha value is -0.950. The minimum atomic E-state index is 0.418. The highest BCUT2D eigenvalue weighted by molar-refractivity contribution is 6.32. The summed E-state index contributed by atoms with van der Waals surface area (Å²) in [5.41, 5.74) is 3.50. The van der Waals surface area contributed by atoms with Crippen LogP contribution in [0, 0.1) is 13.8 Å². The quantitative estimate of drug-likeness (QED) is 0.597. The van der Waals surface area contributed by atoms with Crippen LogP contribution in [0.2, 0.25) is 5.02 Å². The Morgan fingerprint density at radius 2 is 2.05 bits per heavy atom. The van der Waals surface area contributed by atoms with E-state index in [0.29, 0.717) is 5.92 Å². The van der Waals surface area contributed by atoms with Gasteiger partial charge in [0.1, 0.15) is 5.75 Å². The molecule has 0 aliphatic heterocycles. The van der Waals surface area contributed by atoms with Crippen molar-refractivity contribution in [2.24, 2.45) is 0 Å². The van der Waals surface area contributed by atoms with Crippen molar-refractivity contribution in [1.29, 1.82) is 0 Å². The van der Waals surface area contributed by atoms with Crippen molar-refractivity contribution in [3.05, 3.63) is 39.9 Å². The standard InChI is InChI=1S/C17H25ClO/c1-6-8-9-12(3)16-14(5)17(18)13(4)11-15(16)19-10-7-2/h6,8,11-12H,7,9-10H2,1-5H3/b8-6-. The second-order valence-electron chi connectivity index (χ2n) is 5.10. The van der Waals surface area contributed by atoms with Crippen molar-refractivity contribution in [1.82, 2.24) is 0 Å². The van der Waals surface area contributed by atoms with Crippen molar-refractivity contribution in [2.45, 2.75) is 53.4 Å². The normalized spacial score (nSPS) is 12.9. The third-order valence-electron chi connectivity index (χ3n) is 3.37. The van der Waals surface area contributed by atoms with Crippen molar-refractivity contribution in [3.63, 3.8) is 0 Å². The molecule has 0 saturated carbocycles. The molecule has 1 nitrogen and oxygen atoms in total. The SMILES string of the molecule is C/C=C\CC(C)c1c(OCCC)cc(C)c(Cl)c1C.